The van der Waals surface area contributed by atoms with Crippen LogP contribution in [0.15, 0.2) is 9.90 Å². The van der Waals surface area contributed by atoms with Gasteiger partial charge >= 0.3 is 0 Å². The highest BCUT2D eigenvalue weighted by Gasteiger charge is 2.11. The molecule has 7 nitrogen and oxygen atoms in total. The average molecular weight is 304 g/mol. The van der Waals surface area contributed by atoms with Gasteiger partial charge in [-0.1, -0.05) is 5.16 Å². The highest BCUT2D eigenvalue weighted by molar-refractivity contribution is 7.09. The van der Waals surface area contributed by atoms with Crippen molar-refractivity contribution in [3.63, 3.8) is 0 Å². The van der Waals surface area contributed by atoms with E-state index in [1.165, 1.54) is 11.3 Å². The summed E-state index contributed by atoms with van der Waals surface area (Å²) in [6.45, 7) is 2.44. The minimum absolute atomic E-state index is 0. The van der Waals surface area contributed by atoms with Crippen LogP contribution in [-0.2, 0) is 13.0 Å². The Morgan fingerprint density at radius 3 is 2.95 bits per heavy atom. The van der Waals surface area contributed by atoms with Gasteiger partial charge in [0.15, 0.2) is 5.82 Å². The van der Waals surface area contributed by atoms with Crippen LogP contribution in [-0.4, -0.2) is 27.6 Å². The summed E-state index contributed by atoms with van der Waals surface area (Å²) in [4.78, 5) is 19.9. The zero-order valence-corrected chi connectivity index (χ0v) is 11.9. The van der Waals surface area contributed by atoms with E-state index in [4.69, 9.17) is 10.3 Å². The van der Waals surface area contributed by atoms with E-state index in [0.29, 0.717) is 30.4 Å². The van der Waals surface area contributed by atoms with Gasteiger partial charge in [0.2, 0.25) is 5.89 Å². The molecule has 0 unspecified atom stereocenters. The second-order valence-electron chi connectivity index (χ2n) is 3.58. The molecule has 3 N–H and O–H groups in total. The Balaban J connectivity index is 0.00000180. The van der Waals surface area contributed by atoms with Gasteiger partial charge in [0.25, 0.3) is 5.91 Å². The largest absolute Gasteiger partial charge is 0.343 e. The monoisotopic (exact) mass is 303 g/mol. The number of aromatic nitrogens is 3. The van der Waals surface area contributed by atoms with E-state index in [1.807, 2.05) is 0 Å². The molecule has 2 rings (SSSR count). The number of rotatable bonds is 5. The third-order valence-corrected chi connectivity index (χ3v) is 3.03. The van der Waals surface area contributed by atoms with Crippen LogP contribution in [0.5, 0.6) is 0 Å². The van der Waals surface area contributed by atoms with Crippen molar-refractivity contribution in [1.29, 1.82) is 0 Å². The van der Waals surface area contributed by atoms with Crippen LogP contribution >= 0.6 is 23.7 Å². The van der Waals surface area contributed by atoms with Crippen molar-refractivity contribution in [1.82, 2.24) is 20.4 Å². The molecular weight excluding hydrogens is 290 g/mol. The molecule has 0 atom stereocenters. The van der Waals surface area contributed by atoms with Gasteiger partial charge in [0.1, 0.15) is 5.69 Å². The van der Waals surface area contributed by atoms with E-state index in [1.54, 1.807) is 12.3 Å². The van der Waals surface area contributed by atoms with Crippen molar-refractivity contribution in [3.8, 4) is 0 Å². The van der Waals surface area contributed by atoms with Crippen molar-refractivity contribution in [2.45, 2.75) is 19.9 Å². The highest BCUT2D eigenvalue weighted by atomic mass is 35.5. The SMILES string of the molecule is Cc1nc(CNC(=O)c2csc(CCN)n2)no1.Cl. The van der Waals surface area contributed by atoms with Gasteiger partial charge < -0.3 is 15.6 Å². The van der Waals surface area contributed by atoms with Crippen LogP contribution in [0.1, 0.15) is 27.2 Å². The fourth-order valence-electron chi connectivity index (χ4n) is 1.32. The summed E-state index contributed by atoms with van der Waals surface area (Å²) in [6.07, 6.45) is 0.683. The van der Waals surface area contributed by atoms with Gasteiger partial charge in [0, 0.05) is 18.7 Å². The summed E-state index contributed by atoms with van der Waals surface area (Å²) < 4.78 is 4.80. The first kappa shape index (κ1) is 15.5. The van der Waals surface area contributed by atoms with Crippen molar-refractivity contribution in [3.05, 3.63) is 27.8 Å². The lowest BCUT2D eigenvalue weighted by atomic mass is 10.4. The van der Waals surface area contributed by atoms with E-state index >= 15 is 0 Å². The molecule has 0 fully saturated rings. The molecule has 2 aromatic rings. The average Bonchev–Trinajstić information content (AvgIpc) is 2.96. The van der Waals surface area contributed by atoms with E-state index < -0.39 is 0 Å². The molecule has 0 aromatic carbocycles. The predicted octanol–water partition coefficient (Wildman–Crippen LogP) is 0.688. The maximum Gasteiger partial charge on any atom is 0.271 e. The number of amides is 1. The minimum Gasteiger partial charge on any atom is -0.343 e. The maximum absolute atomic E-state index is 11.8. The third-order valence-electron chi connectivity index (χ3n) is 2.12. The van der Waals surface area contributed by atoms with Gasteiger partial charge in [-0.15, -0.1) is 23.7 Å². The van der Waals surface area contributed by atoms with Gasteiger partial charge in [0.05, 0.1) is 11.6 Å². The number of carbonyl (C=O) groups excluding carboxylic acids is 1. The molecule has 9 heteroatoms. The summed E-state index contributed by atoms with van der Waals surface area (Å²) in [7, 11) is 0. The molecule has 0 aliphatic heterocycles. The van der Waals surface area contributed by atoms with Crippen LogP contribution in [0, 0.1) is 6.92 Å². The Bertz CT molecular complexity index is 542. The second kappa shape index (κ2) is 7.17. The van der Waals surface area contributed by atoms with E-state index in [9.17, 15) is 4.79 Å². The lowest BCUT2D eigenvalue weighted by Gasteiger charge is -1.98. The van der Waals surface area contributed by atoms with Crippen molar-refractivity contribution in [2.24, 2.45) is 5.73 Å². The molecule has 0 spiro atoms. The first-order chi connectivity index (χ1) is 8.69. The van der Waals surface area contributed by atoms with Crippen LogP contribution < -0.4 is 11.1 Å². The maximum atomic E-state index is 11.8. The summed E-state index contributed by atoms with van der Waals surface area (Å²) in [5.41, 5.74) is 5.81. The van der Waals surface area contributed by atoms with Crippen LogP contribution in [0.25, 0.3) is 0 Å². The number of aryl methyl sites for hydroxylation is 1. The van der Waals surface area contributed by atoms with E-state index in [-0.39, 0.29) is 24.9 Å². The number of nitrogens with two attached hydrogens (primary N) is 1. The molecule has 0 aliphatic rings. The first-order valence-electron chi connectivity index (χ1n) is 5.41. The number of nitrogens with one attached hydrogen (secondary N) is 1. The molecule has 0 aliphatic carbocycles. The number of halogens is 1. The lowest BCUT2D eigenvalue weighted by Crippen LogP contribution is -2.23. The van der Waals surface area contributed by atoms with Crippen LogP contribution in [0.2, 0.25) is 0 Å². The topological polar surface area (TPSA) is 107 Å². The molecule has 2 heterocycles. The molecule has 0 radical (unpaired) electrons. The fourth-order valence-corrected chi connectivity index (χ4v) is 2.11. The molecule has 0 saturated heterocycles. The molecule has 0 bridgehead atoms. The zero-order chi connectivity index (χ0) is 13.0. The Hall–Kier alpha value is -1.51. The predicted molar refractivity (Wildman–Crippen MR) is 72.3 cm³/mol. The Kier molecular flexibility index (Phi) is 5.87. The second-order valence-corrected chi connectivity index (χ2v) is 4.52. The molecule has 104 valence electrons. The Morgan fingerprint density at radius 2 is 2.32 bits per heavy atom. The van der Waals surface area contributed by atoms with Crippen molar-refractivity contribution in [2.75, 3.05) is 6.54 Å². The summed E-state index contributed by atoms with van der Waals surface area (Å²) in [5.74, 6) is 0.661. The van der Waals surface area contributed by atoms with Gasteiger partial charge in [-0.3, -0.25) is 4.79 Å². The minimum atomic E-state index is -0.253. The fraction of sp³-hybridized carbons (Fsp3) is 0.400. The van der Waals surface area contributed by atoms with Crippen molar-refractivity contribution >= 4 is 29.7 Å². The smallest absolute Gasteiger partial charge is 0.271 e. The number of nitrogens with zero attached hydrogens (tertiary/aromatic N) is 3. The van der Waals surface area contributed by atoms with E-state index in [0.717, 1.165) is 5.01 Å². The van der Waals surface area contributed by atoms with E-state index in [2.05, 4.69) is 20.4 Å². The highest BCUT2D eigenvalue weighted by Crippen LogP contribution is 2.09. The number of hydrogen-bond acceptors (Lipinski definition) is 7. The first-order valence-corrected chi connectivity index (χ1v) is 6.29. The third kappa shape index (κ3) is 4.27. The molecule has 1 amide bonds. The molecule has 2 aromatic heterocycles. The lowest BCUT2D eigenvalue weighted by molar-refractivity contribution is 0.0945. The van der Waals surface area contributed by atoms with Gasteiger partial charge in [-0.25, -0.2) is 4.98 Å². The number of hydrogen-bond donors (Lipinski definition) is 2. The number of carbonyl (C=O) groups is 1. The van der Waals surface area contributed by atoms with Crippen LogP contribution in [0.3, 0.4) is 0 Å². The van der Waals surface area contributed by atoms with Crippen LogP contribution in [0.4, 0.5) is 0 Å². The Labute approximate surface area is 120 Å². The molecular formula is C10H14ClN5O2S. The summed E-state index contributed by atoms with van der Waals surface area (Å²) >= 11 is 1.43. The molecule has 0 saturated carbocycles. The number of thiazole rings is 1. The molecule has 19 heavy (non-hydrogen) atoms. The van der Waals surface area contributed by atoms with Crippen molar-refractivity contribution < 1.29 is 9.32 Å². The van der Waals surface area contributed by atoms with Gasteiger partial charge in [-0.05, 0) is 6.54 Å². The quantitative estimate of drug-likeness (QED) is 0.841. The summed E-state index contributed by atoms with van der Waals surface area (Å²) in [5, 5.41) is 8.92. The summed E-state index contributed by atoms with van der Waals surface area (Å²) in [6, 6.07) is 0. The normalized spacial score (nSPS) is 10.0. The Morgan fingerprint density at radius 1 is 1.53 bits per heavy atom. The zero-order valence-electron chi connectivity index (χ0n) is 10.3. The standard InChI is InChI=1S/C10H13N5O2S.ClH/c1-6-13-8(15-17-6)4-12-10(16)7-5-18-9(14-7)2-3-11;/h5H,2-4,11H2,1H3,(H,12,16);1H. The van der Waals surface area contributed by atoms with Gasteiger partial charge in [-0.2, -0.15) is 4.98 Å².